The van der Waals surface area contributed by atoms with Gasteiger partial charge in [-0.25, -0.2) is 0 Å². The predicted octanol–water partition coefficient (Wildman–Crippen LogP) is -2.29. The fourth-order valence-corrected chi connectivity index (χ4v) is 0. The standard InChI is InChI=1S/2C4H6O2.Ca.Co.2H/c2*1-3(2)4(5)6;;;;/h2*1H2,2H3,(H,5,6);;;;/q;;;+2;;/p-2. The van der Waals surface area contributed by atoms with E-state index in [4.69, 9.17) is 0 Å². The van der Waals surface area contributed by atoms with E-state index in [1.165, 1.54) is 13.8 Å². The normalized spacial score (nSPS) is 6.43. The summed E-state index contributed by atoms with van der Waals surface area (Å²) in [6, 6.07) is 0. The van der Waals surface area contributed by atoms with E-state index in [2.05, 4.69) is 13.2 Å². The number of carbonyl (C=O) groups is 2. The summed E-state index contributed by atoms with van der Waals surface area (Å²) in [7, 11) is 0. The van der Waals surface area contributed by atoms with Crippen molar-refractivity contribution >= 4 is 49.7 Å². The maximum atomic E-state index is 9.49. The zero-order valence-electron chi connectivity index (χ0n) is 7.38. The van der Waals surface area contributed by atoms with Crippen molar-refractivity contribution < 1.29 is 36.6 Å². The zero-order valence-corrected chi connectivity index (χ0v) is 8.42. The Labute approximate surface area is 123 Å². The molecule has 0 atom stereocenters. The van der Waals surface area contributed by atoms with Crippen molar-refractivity contribution in [3.05, 3.63) is 24.3 Å². The van der Waals surface area contributed by atoms with E-state index in [1.54, 1.807) is 0 Å². The van der Waals surface area contributed by atoms with Gasteiger partial charge in [0.05, 0.1) is 11.9 Å². The molecule has 0 aromatic carbocycles. The molecule has 0 aliphatic carbocycles. The van der Waals surface area contributed by atoms with Gasteiger partial charge in [0.1, 0.15) is 0 Å². The Bertz CT molecular complexity index is 177. The van der Waals surface area contributed by atoms with E-state index >= 15 is 0 Å². The molecule has 0 amide bonds. The summed E-state index contributed by atoms with van der Waals surface area (Å²) in [6.07, 6.45) is 0. The molecule has 0 spiro atoms. The number of carboxylic acids is 2. The monoisotopic (exact) mass is 271 g/mol. The van der Waals surface area contributed by atoms with Gasteiger partial charge in [0, 0.05) is 0 Å². The largest absolute Gasteiger partial charge is 2.00 e. The first-order valence-electron chi connectivity index (χ1n) is 3.02. The van der Waals surface area contributed by atoms with Crippen molar-refractivity contribution in [3.8, 4) is 0 Å². The summed E-state index contributed by atoms with van der Waals surface area (Å²) in [5.74, 6) is -2.37. The van der Waals surface area contributed by atoms with Crippen molar-refractivity contribution in [2.75, 3.05) is 0 Å². The van der Waals surface area contributed by atoms with Crippen LogP contribution in [0.15, 0.2) is 24.3 Å². The van der Waals surface area contributed by atoms with Gasteiger partial charge in [-0.15, -0.1) is 0 Å². The van der Waals surface area contributed by atoms with E-state index in [-0.39, 0.29) is 65.7 Å². The molecule has 0 bridgehead atoms. The molecular formula is C8H12CaCoO4. The Hall–Kier alpha value is 0.186. The van der Waals surface area contributed by atoms with Crippen molar-refractivity contribution in [2.45, 2.75) is 13.8 Å². The predicted molar refractivity (Wildman–Crippen MR) is 48.2 cm³/mol. The number of carboxylic acid groups (broad SMARTS) is 2. The average molecular weight is 271 g/mol. The number of hydrogen-bond donors (Lipinski definition) is 0. The summed E-state index contributed by atoms with van der Waals surface area (Å²) >= 11 is 0. The van der Waals surface area contributed by atoms with Crippen LogP contribution in [0.4, 0.5) is 0 Å². The van der Waals surface area contributed by atoms with Crippen LogP contribution in [-0.4, -0.2) is 49.7 Å². The number of hydrogen-bond acceptors (Lipinski definition) is 4. The Kier molecular flexibility index (Phi) is 22.4. The van der Waals surface area contributed by atoms with Crippen LogP contribution in [0.2, 0.25) is 0 Å². The molecule has 14 heavy (non-hydrogen) atoms. The van der Waals surface area contributed by atoms with Crippen LogP contribution in [0.25, 0.3) is 0 Å². The third-order valence-corrected chi connectivity index (χ3v) is 0.697. The quantitative estimate of drug-likeness (QED) is 0.418. The summed E-state index contributed by atoms with van der Waals surface area (Å²) in [5.41, 5.74) is 0.130. The Morgan fingerprint density at radius 1 is 0.929 bits per heavy atom. The van der Waals surface area contributed by atoms with Gasteiger partial charge >= 0.3 is 54.5 Å². The molecule has 0 saturated carbocycles. The molecule has 4 nitrogen and oxygen atoms in total. The van der Waals surface area contributed by atoms with E-state index in [1.807, 2.05) is 0 Å². The second kappa shape index (κ2) is 13.2. The minimum Gasteiger partial charge on any atom is 2.00 e. The molecule has 0 aromatic rings. The minimum atomic E-state index is -1.19. The molecule has 79 valence electrons. The first-order valence-corrected chi connectivity index (χ1v) is 3.02. The van der Waals surface area contributed by atoms with Crippen molar-refractivity contribution in [1.82, 2.24) is 0 Å². The first kappa shape index (κ1) is 23.8. The summed E-state index contributed by atoms with van der Waals surface area (Å²) in [6.45, 7) is 8.95. The number of rotatable bonds is 2. The fourth-order valence-electron chi connectivity index (χ4n) is 0. The van der Waals surface area contributed by atoms with Crippen molar-refractivity contribution in [3.63, 3.8) is 0 Å². The number of aliphatic carboxylic acids is 2. The molecule has 0 heterocycles. The third-order valence-electron chi connectivity index (χ3n) is 0.697. The Morgan fingerprint density at radius 3 is 1.00 bits per heavy atom. The second-order valence-corrected chi connectivity index (χ2v) is 2.14. The van der Waals surface area contributed by atoms with Crippen LogP contribution in [-0.2, 0) is 26.4 Å². The van der Waals surface area contributed by atoms with Gasteiger partial charge in [0.15, 0.2) is 0 Å². The van der Waals surface area contributed by atoms with Gasteiger partial charge in [0.25, 0.3) is 0 Å². The van der Waals surface area contributed by atoms with Gasteiger partial charge in [0.2, 0.25) is 0 Å². The van der Waals surface area contributed by atoms with Crippen LogP contribution in [0.1, 0.15) is 13.8 Å². The molecule has 0 aliphatic heterocycles. The van der Waals surface area contributed by atoms with Crippen molar-refractivity contribution in [1.29, 1.82) is 0 Å². The van der Waals surface area contributed by atoms with E-state index in [0.29, 0.717) is 0 Å². The summed E-state index contributed by atoms with van der Waals surface area (Å²) < 4.78 is 0. The van der Waals surface area contributed by atoms with E-state index in [9.17, 15) is 19.8 Å². The minimum absolute atomic E-state index is 0. The Balaban J connectivity index is -0.0000000625. The van der Waals surface area contributed by atoms with Crippen LogP contribution in [0, 0.1) is 0 Å². The average Bonchev–Trinajstić information content (AvgIpc) is 1.88. The first-order chi connectivity index (χ1) is 5.29. The summed E-state index contributed by atoms with van der Waals surface area (Å²) in [4.78, 5) is 19.0. The van der Waals surface area contributed by atoms with Gasteiger partial charge in [-0.2, -0.15) is 0 Å². The van der Waals surface area contributed by atoms with E-state index < -0.39 is 11.9 Å². The van der Waals surface area contributed by atoms with Crippen molar-refractivity contribution in [2.24, 2.45) is 0 Å². The van der Waals surface area contributed by atoms with Crippen LogP contribution < -0.4 is 10.2 Å². The maximum Gasteiger partial charge on any atom is 2.00 e. The second-order valence-electron chi connectivity index (χ2n) is 2.14. The zero-order chi connectivity index (χ0) is 10.3. The number of carbonyl (C=O) groups excluding carboxylic acids is 2. The topological polar surface area (TPSA) is 80.3 Å². The van der Waals surface area contributed by atoms with Gasteiger partial charge < -0.3 is 19.8 Å². The van der Waals surface area contributed by atoms with E-state index in [0.717, 1.165) is 0 Å². The van der Waals surface area contributed by atoms with Gasteiger partial charge in [-0.3, -0.25) is 0 Å². The molecule has 0 unspecified atom stereocenters. The summed E-state index contributed by atoms with van der Waals surface area (Å²) in [5, 5.41) is 19.0. The molecule has 0 rings (SSSR count). The molecule has 0 aliphatic rings. The molecule has 0 saturated heterocycles. The molecule has 6 heteroatoms. The fraction of sp³-hybridized carbons (Fsp3) is 0.250. The third kappa shape index (κ3) is 22.8. The van der Waals surface area contributed by atoms with Gasteiger partial charge in [-0.1, -0.05) is 13.2 Å². The van der Waals surface area contributed by atoms with Crippen LogP contribution in [0.3, 0.4) is 0 Å². The SMILES string of the molecule is C=C(C)C(=O)[O-].C=C(C)C(=O)[O-].[CaH2].[Co+2]. The van der Waals surface area contributed by atoms with Gasteiger partial charge in [-0.05, 0) is 25.0 Å². The Morgan fingerprint density at radius 2 is 1.00 bits per heavy atom. The molecule has 0 aromatic heterocycles. The molecular weight excluding hydrogens is 259 g/mol. The smallest absolute Gasteiger partial charge is 2.00 e. The van der Waals surface area contributed by atoms with Crippen LogP contribution in [0.5, 0.6) is 0 Å². The van der Waals surface area contributed by atoms with Crippen LogP contribution >= 0.6 is 0 Å². The molecule has 0 N–H and O–H groups in total. The maximum absolute atomic E-state index is 9.49. The molecule has 1 radical (unpaired) electrons. The molecule has 0 fully saturated rings.